The van der Waals surface area contributed by atoms with Gasteiger partial charge in [-0.3, -0.25) is 9.59 Å². The lowest BCUT2D eigenvalue weighted by Gasteiger charge is -2.31. The lowest BCUT2D eigenvalue weighted by Crippen LogP contribution is -2.50. The first kappa shape index (κ1) is 58.8. The summed E-state index contributed by atoms with van der Waals surface area (Å²) in [5.74, 6) is -1.50. The fraction of sp³-hybridized carbons (Fsp3) is 0.722. The van der Waals surface area contributed by atoms with Gasteiger partial charge in [-0.1, -0.05) is 177 Å². The third-order valence-corrected chi connectivity index (χ3v) is 10.9. The summed E-state index contributed by atoms with van der Waals surface area (Å²) in [4.78, 5) is 37.1. The second-order valence-corrected chi connectivity index (χ2v) is 17.7. The number of ether oxygens (including phenoxy) is 3. The van der Waals surface area contributed by atoms with Crippen LogP contribution in [0.5, 0.6) is 0 Å². The molecule has 0 rings (SSSR count). The number of likely N-dealkylation sites (N-methyl/N-ethyl adjacent to an activating group) is 1. The summed E-state index contributed by atoms with van der Waals surface area (Å²) >= 11 is 0. The van der Waals surface area contributed by atoms with Crippen molar-refractivity contribution in [3.05, 3.63) is 72.9 Å². The van der Waals surface area contributed by atoms with Crippen molar-refractivity contribution in [2.24, 2.45) is 0 Å². The summed E-state index contributed by atoms with van der Waals surface area (Å²) in [6, 6.07) is -0.623. The van der Waals surface area contributed by atoms with Crippen molar-refractivity contribution in [3.63, 3.8) is 0 Å². The number of carbonyl (C=O) groups excluding carboxylic acids is 2. The molecule has 0 aliphatic heterocycles. The third-order valence-electron chi connectivity index (χ3n) is 10.9. The number of carbonyl (C=O) groups is 3. The summed E-state index contributed by atoms with van der Waals surface area (Å²) in [7, 11) is 5.52. The van der Waals surface area contributed by atoms with Crippen molar-refractivity contribution in [3.8, 4) is 0 Å². The molecule has 62 heavy (non-hydrogen) atoms. The van der Waals surface area contributed by atoms with Gasteiger partial charge in [-0.25, -0.2) is 4.79 Å². The number of esters is 2. The zero-order valence-electron chi connectivity index (χ0n) is 40.6. The molecular formula is C54H94NO7+. The Morgan fingerprint density at radius 1 is 0.516 bits per heavy atom. The molecule has 0 aliphatic rings. The molecule has 8 heteroatoms. The van der Waals surface area contributed by atoms with Crippen LogP contribution < -0.4 is 0 Å². The van der Waals surface area contributed by atoms with Crippen molar-refractivity contribution in [1.82, 2.24) is 0 Å². The predicted molar refractivity (Wildman–Crippen MR) is 261 cm³/mol. The summed E-state index contributed by atoms with van der Waals surface area (Å²) < 4.78 is 17.3. The minimum absolute atomic E-state index is 0.0485. The van der Waals surface area contributed by atoms with E-state index in [1.54, 1.807) is 0 Å². The Bertz CT molecular complexity index is 1240. The standard InChI is InChI=1S/C54H93NO7/c1-6-8-10-12-14-16-18-20-22-24-26-27-29-31-33-35-37-39-41-43-45-53(57)62-50(48-60-47-46-51(54(58)59)55(3,4)5)49-61-52(56)44-42-40-38-36-34-32-30-28-25-23-21-19-17-15-13-11-9-7-2/h8,10,14,16,20,22-23,25-28,30,50-51H,6-7,9,11-13,15,17-19,21,24,29,31-49H2,1-5H3/p+1/b10-8+,16-14+,22-20+,25-23+,27-26+,30-28+. The number of aliphatic carboxylic acids is 1. The fourth-order valence-electron chi connectivity index (χ4n) is 7.01. The van der Waals surface area contributed by atoms with Crippen molar-refractivity contribution in [1.29, 1.82) is 0 Å². The van der Waals surface area contributed by atoms with E-state index in [0.717, 1.165) is 96.3 Å². The number of unbranched alkanes of at least 4 members (excludes halogenated alkanes) is 19. The summed E-state index contributed by atoms with van der Waals surface area (Å²) in [5, 5.41) is 9.65. The van der Waals surface area contributed by atoms with E-state index >= 15 is 0 Å². The summed E-state index contributed by atoms with van der Waals surface area (Å²) in [5.41, 5.74) is 0. The highest BCUT2D eigenvalue weighted by molar-refractivity contribution is 5.72. The number of rotatable bonds is 44. The SMILES string of the molecule is CC/C=C/C/C=C/C/C=C/C/C=C/CCCCCCCCCC(=O)OC(COCCC(C(=O)O)[N+](C)(C)C)COC(=O)CCCCCCC/C=C/C=C/CCCCCCCCC. The van der Waals surface area contributed by atoms with Crippen LogP contribution in [0.1, 0.15) is 200 Å². The molecule has 0 saturated heterocycles. The Morgan fingerprint density at radius 3 is 1.44 bits per heavy atom. The van der Waals surface area contributed by atoms with Gasteiger partial charge in [-0.15, -0.1) is 0 Å². The maximum absolute atomic E-state index is 12.8. The first-order valence-corrected chi connectivity index (χ1v) is 25.0. The van der Waals surface area contributed by atoms with E-state index in [1.165, 1.54) is 70.6 Å². The second-order valence-electron chi connectivity index (χ2n) is 17.7. The van der Waals surface area contributed by atoms with Crippen LogP contribution in [-0.4, -0.2) is 80.6 Å². The molecule has 0 saturated carbocycles. The van der Waals surface area contributed by atoms with Crippen molar-refractivity contribution >= 4 is 17.9 Å². The second kappa shape index (κ2) is 44.4. The average molecular weight is 869 g/mol. The van der Waals surface area contributed by atoms with Gasteiger partial charge >= 0.3 is 17.9 Å². The van der Waals surface area contributed by atoms with Gasteiger partial charge in [0.2, 0.25) is 0 Å². The number of hydrogen-bond donors (Lipinski definition) is 1. The molecule has 0 fully saturated rings. The van der Waals surface area contributed by atoms with Gasteiger partial charge in [0, 0.05) is 19.3 Å². The van der Waals surface area contributed by atoms with Gasteiger partial charge in [-0.2, -0.15) is 0 Å². The van der Waals surface area contributed by atoms with Gasteiger partial charge in [0.1, 0.15) is 6.61 Å². The minimum Gasteiger partial charge on any atom is -0.477 e. The number of carboxylic acids is 1. The molecule has 0 aromatic carbocycles. The predicted octanol–water partition coefficient (Wildman–Crippen LogP) is 14.3. The summed E-state index contributed by atoms with van der Waals surface area (Å²) in [6.45, 7) is 4.60. The molecule has 8 nitrogen and oxygen atoms in total. The van der Waals surface area contributed by atoms with E-state index in [2.05, 4.69) is 86.8 Å². The minimum atomic E-state index is -0.881. The molecule has 0 spiro atoms. The molecule has 0 aromatic heterocycles. The van der Waals surface area contributed by atoms with Gasteiger partial charge in [0.15, 0.2) is 12.1 Å². The largest absolute Gasteiger partial charge is 0.477 e. The molecule has 0 radical (unpaired) electrons. The van der Waals surface area contributed by atoms with E-state index in [0.29, 0.717) is 19.3 Å². The maximum atomic E-state index is 12.8. The number of hydrogen-bond acceptors (Lipinski definition) is 6. The molecule has 0 bridgehead atoms. The van der Waals surface area contributed by atoms with Crippen molar-refractivity contribution in [2.45, 2.75) is 212 Å². The van der Waals surface area contributed by atoms with Gasteiger partial charge in [0.25, 0.3) is 0 Å². The van der Waals surface area contributed by atoms with Crippen molar-refractivity contribution < 1.29 is 38.2 Å². The van der Waals surface area contributed by atoms with Crippen LogP contribution in [0.4, 0.5) is 0 Å². The molecule has 0 aromatic rings. The van der Waals surface area contributed by atoms with Gasteiger partial charge in [-0.05, 0) is 77.0 Å². The van der Waals surface area contributed by atoms with Crippen LogP contribution in [0, 0.1) is 0 Å². The fourth-order valence-corrected chi connectivity index (χ4v) is 7.01. The number of carboxylic acid groups (broad SMARTS) is 1. The Labute approximate surface area is 381 Å². The molecule has 1 N–H and O–H groups in total. The molecule has 356 valence electrons. The number of nitrogens with zero attached hydrogens (tertiary/aromatic N) is 1. The summed E-state index contributed by atoms with van der Waals surface area (Å²) in [6.07, 6.45) is 56.6. The lowest BCUT2D eigenvalue weighted by molar-refractivity contribution is -0.887. The number of quaternary nitrogens is 1. The van der Waals surface area contributed by atoms with Crippen LogP contribution in [0.2, 0.25) is 0 Å². The zero-order chi connectivity index (χ0) is 45.6. The smallest absolute Gasteiger partial charge is 0.362 e. The van der Waals surface area contributed by atoms with Crippen molar-refractivity contribution in [2.75, 3.05) is 41.0 Å². The highest BCUT2D eigenvalue weighted by Gasteiger charge is 2.31. The topological polar surface area (TPSA) is 99.1 Å². The van der Waals surface area contributed by atoms with Crippen LogP contribution >= 0.6 is 0 Å². The molecule has 0 amide bonds. The molecule has 2 atom stereocenters. The van der Waals surface area contributed by atoms with E-state index in [1.807, 2.05) is 21.1 Å². The lowest BCUT2D eigenvalue weighted by atomic mass is 10.1. The Hall–Kier alpha value is -3.23. The molecule has 0 aliphatic carbocycles. The zero-order valence-corrected chi connectivity index (χ0v) is 40.6. The molecular weight excluding hydrogens is 775 g/mol. The van der Waals surface area contributed by atoms with Gasteiger partial charge in [0.05, 0.1) is 34.4 Å². The normalized spacial score (nSPS) is 13.5. The van der Waals surface area contributed by atoms with E-state index < -0.39 is 18.1 Å². The highest BCUT2D eigenvalue weighted by atomic mass is 16.6. The monoisotopic (exact) mass is 869 g/mol. The first-order chi connectivity index (χ1) is 30.1. The highest BCUT2D eigenvalue weighted by Crippen LogP contribution is 2.14. The molecule has 2 unspecified atom stereocenters. The quantitative estimate of drug-likeness (QED) is 0.0214. The van der Waals surface area contributed by atoms with E-state index in [4.69, 9.17) is 14.2 Å². The Morgan fingerprint density at radius 2 is 0.952 bits per heavy atom. The Balaban J connectivity index is 4.33. The van der Waals surface area contributed by atoms with Crippen LogP contribution in [-0.2, 0) is 28.6 Å². The van der Waals surface area contributed by atoms with E-state index in [-0.39, 0.29) is 36.2 Å². The van der Waals surface area contributed by atoms with E-state index in [9.17, 15) is 19.5 Å². The van der Waals surface area contributed by atoms with Crippen LogP contribution in [0.3, 0.4) is 0 Å². The Kier molecular flexibility index (Phi) is 42.1. The molecule has 0 heterocycles. The average Bonchev–Trinajstić information content (AvgIpc) is 3.23. The van der Waals surface area contributed by atoms with Gasteiger partial charge < -0.3 is 23.8 Å². The van der Waals surface area contributed by atoms with Crippen LogP contribution in [0.15, 0.2) is 72.9 Å². The third kappa shape index (κ3) is 42.1. The first-order valence-electron chi connectivity index (χ1n) is 25.0. The maximum Gasteiger partial charge on any atom is 0.362 e. The number of allylic oxidation sites excluding steroid dienone is 12. The van der Waals surface area contributed by atoms with Crippen LogP contribution in [0.25, 0.3) is 0 Å².